The first-order chi connectivity index (χ1) is 9.10. The van der Waals surface area contributed by atoms with Crippen LogP contribution in [0.1, 0.15) is 27.2 Å². The van der Waals surface area contributed by atoms with Crippen molar-refractivity contribution in [1.29, 1.82) is 0 Å². The van der Waals surface area contributed by atoms with Crippen molar-refractivity contribution in [3.63, 3.8) is 0 Å². The van der Waals surface area contributed by atoms with Gasteiger partial charge < -0.3 is 16.4 Å². The molecule has 0 bridgehead atoms. The molecule has 0 saturated heterocycles. The molecule has 0 spiro atoms. The third-order valence-electron chi connectivity index (χ3n) is 2.99. The summed E-state index contributed by atoms with van der Waals surface area (Å²) < 4.78 is 0. The number of nitrogens with one attached hydrogen (secondary N) is 2. The number of dihydropyridines is 1. The van der Waals surface area contributed by atoms with E-state index in [9.17, 15) is 0 Å². The van der Waals surface area contributed by atoms with Crippen LogP contribution in [0.4, 0.5) is 0 Å². The van der Waals surface area contributed by atoms with Gasteiger partial charge in [0, 0.05) is 19.3 Å². The Labute approximate surface area is 115 Å². The van der Waals surface area contributed by atoms with E-state index in [1.807, 2.05) is 32.3 Å². The molecule has 0 aromatic heterocycles. The Morgan fingerprint density at radius 2 is 2.26 bits per heavy atom. The topological polar surface area (TPSA) is 62.4 Å². The fourth-order valence-corrected chi connectivity index (χ4v) is 1.90. The van der Waals surface area contributed by atoms with E-state index in [2.05, 4.69) is 35.5 Å². The zero-order chi connectivity index (χ0) is 14.3. The fraction of sp³-hybridized carbons (Fsp3) is 0.400. The van der Waals surface area contributed by atoms with Gasteiger partial charge in [0.25, 0.3) is 0 Å². The summed E-state index contributed by atoms with van der Waals surface area (Å²) in [6.07, 6.45) is 8.99. The van der Waals surface area contributed by atoms with Crippen molar-refractivity contribution in [3.8, 4) is 0 Å². The summed E-state index contributed by atoms with van der Waals surface area (Å²) in [7, 11) is 1.81. The second-order valence-electron chi connectivity index (χ2n) is 4.42. The molecule has 4 N–H and O–H groups in total. The first kappa shape index (κ1) is 15.1. The van der Waals surface area contributed by atoms with E-state index in [1.165, 1.54) is 0 Å². The molecule has 4 nitrogen and oxygen atoms in total. The number of hydrogen-bond acceptors (Lipinski definition) is 4. The average Bonchev–Trinajstić information content (AvgIpc) is 2.40. The number of allylic oxidation sites excluding steroid dienone is 5. The summed E-state index contributed by atoms with van der Waals surface area (Å²) in [6.45, 7) is 6.97. The van der Waals surface area contributed by atoms with Gasteiger partial charge in [0.15, 0.2) is 0 Å². The highest BCUT2D eigenvalue weighted by atomic mass is 15.0. The summed E-state index contributed by atoms with van der Waals surface area (Å²) in [5.41, 5.74) is 10.1. The molecule has 0 amide bonds. The third kappa shape index (κ3) is 4.32. The summed E-state index contributed by atoms with van der Waals surface area (Å²) in [4.78, 5) is 4.40. The zero-order valence-corrected chi connectivity index (χ0v) is 12.2. The number of nitrogens with two attached hydrogens (primary N) is 1. The maximum Gasteiger partial charge on any atom is 0.0961 e. The second kappa shape index (κ2) is 7.46. The van der Waals surface area contributed by atoms with Crippen molar-refractivity contribution >= 4 is 5.71 Å². The molecule has 0 aromatic carbocycles. The van der Waals surface area contributed by atoms with Crippen molar-refractivity contribution in [3.05, 3.63) is 47.1 Å². The minimum Gasteiger partial charge on any atom is -0.387 e. The molecule has 1 aliphatic rings. The van der Waals surface area contributed by atoms with Crippen molar-refractivity contribution < 1.29 is 0 Å². The molecule has 0 saturated carbocycles. The van der Waals surface area contributed by atoms with E-state index in [0.29, 0.717) is 5.82 Å². The van der Waals surface area contributed by atoms with Gasteiger partial charge in [0.1, 0.15) is 0 Å². The molecule has 1 heterocycles. The van der Waals surface area contributed by atoms with Gasteiger partial charge in [-0.05, 0) is 49.8 Å². The normalized spacial score (nSPS) is 17.6. The molecule has 0 aromatic rings. The molecule has 104 valence electrons. The zero-order valence-electron chi connectivity index (χ0n) is 12.2. The third-order valence-corrected chi connectivity index (χ3v) is 2.99. The van der Waals surface area contributed by atoms with E-state index in [-0.39, 0.29) is 0 Å². The molecule has 0 unspecified atom stereocenters. The molecule has 0 aliphatic carbocycles. The van der Waals surface area contributed by atoms with Crippen LogP contribution >= 0.6 is 0 Å². The SMILES string of the molecule is CC/C=C(/N)N/C(C)=C(\C)C(=NC)C1=CCNC=C1. The highest BCUT2D eigenvalue weighted by Crippen LogP contribution is 2.14. The molecule has 0 fully saturated rings. The Morgan fingerprint density at radius 1 is 1.53 bits per heavy atom. The largest absolute Gasteiger partial charge is 0.387 e. The quantitative estimate of drug-likeness (QED) is 0.664. The molecular weight excluding hydrogens is 236 g/mol. The maximum atomic E-state index is 5.88. The van der Waals surface area contributed by atoms with Crippen LogP contribution in [-0.2, 0) is 0 Å². The summed E-state index contributed by atoms with van der Waals surface area (Å²) in [5, 5.41) is 6.34. The van der Waals surface area contributed by atoms with Gasteiger partial charge in [-0.15, -0.1) is 0 Å². The first-order valence-corrected chi connectivity index (χ1v) is 6.57. The van der Waals surface area contributed by atoms with Crippen LogP contribution in [0, 0.1) is 0 Å². The van der Waals surface area contributed by atoms with Crippen molar-refractivity contribution in [1.82, 2.24) is 10.6 Å². The Kier molecular flexibility index (Phi) is 5.93. The van der Waals surface area contributed by atoms with E-state index in [0.717, 1.165) is 35.5 Å². The van der Waals surface area contributed by atoms with Crippen LogP contribution in [0.5, 0.6) is 0 Å². The predicted molar refractivity (Wildman–Crippen MR) is 82.7 cm³/mol. The smallest absolute Gasteiger partial charge is 0.0961 e. The average molecular weight is 260 g/mol. The molecule has 1 aliphatic heterocycles. The molecule has 1 rings (SSSR count). The fourth-order valence-electron chi connectivity index (χ4n) is 1.90. The number of rotatable bonds is 5. The van der Waals surface area contributed by atoms with Gasteiger partial charge in [-0.3, -0.25) is 4.99 Å². The van der Waals surface area contributed by atoms with Crippen LogP contribution in [-0.4, -0.2) is 19.3 Å². The van der Waals surface area contributed by atoms with Gasteiger partial charge in [-0.1, -0.05) is 13.0 Å². The lowest BCUT2D eigenvalue weighted by atomic mass is 10.0. The van der Waals surface area contributed by atoms with E-state index < -0.39 is 0 Å². The molecule has 0 atom stereocenters. The minimum atomic E-state index is 0.685. The molecular formula is C15H24N4. The lowest BCUT2D eigenvalue weighted by Gasteiger charge is -2.15. The van der Waals surface area contributed by atoms with Crippen LogP contribution in [0.25, 0.3) is 0 Å². The predicted octanol–water partition coefficient (Wildman–Crippen LogP) is 2.19. The number of hydrogen-bond donors (Lipinski definition) is 3. The van der Waals surface area contributed by atoms with Gasteiger partial charge >= 0.3 is 0 Å². The molecule has 19 heavy (non-hydrogen) atoms. The van der Waals surface area contributed by atoms with Gasteiger partial charge in [-0.2, -0.15) is 0 Å². The highest BCUT2D eigenvalue weighted by molar-refractivity contribution is 6.14. The molecule has 4 heteroatoms. The van der Waals surface area contributed by atoms with Crippen molar-refractivity contribution in [2.45, 2.75) is 27.2 Å². The van der Waals surface area contributed by atoms with Crippen LogP contribution in [0.2, 0.25) is 0 Å². The lowest BCUT2D eigenvalue weighted by Crippen LogP contribution is -2.22. The highest BCUT2D eigenvalue weighted by Gasteiger charge is 2.10. The van der Waals surface area contributed by atoms with Crippen LogP contribution < -0.4 is 16.4 Å². The van der Waals surface area contributed by atoms with Gasteiger partial charge in [-0.25, -0.2) is 0 Å². The Bertz CT molecular complexity index is 465. The summed E-state index contributed by atoms with van der Waals surface area (Å²) in [5.74, 6) is 0.685. The number of aliphatic imine (C=N–C) groups is 1. The molecule has 0 radical (unpaired) electrons. The Hall–Kier alpha value is -1.97. The lowest BCUT2D eigenvalue weighted by molar-refractivity contribution is 0.917. The first-order valence-electron chi connectivity index (χ1n) is 6.57. The monoisotopic (exact) mass is 260 g/mol. The van der Waals surface area contributed by atoms with E-state index in [1.54, 1.807) is 0 Å². The summed E-state index contributed by atoms with van der Waals surface area (Å²) in [6, 6.07) is 0. The standard InChI is InChI=1S/C15H24N4/c1-5-6-14(16)19-12(3)11(2)15(17-4)13-7-9-18-10-8-13/h6-9,18-19H,5,10,16H2,1-4H3/b12-11+,14-6-,17-15?. The minimum absolute atomic E-state index is 0.685. The van der Waals surface area contributed by atoms with Crippen LogP contribution in [0.3, 0.4) is 0 Å². The van der Waals surface area contributed by atoms with Crippen molar-refractivity contribution in [2.75, 3.05) is 13.6 Å². The van der Waals surface area contributed by atoms with Gasteiger partial charge in [0.2, 0.25) is 0 Å². The van der Waals surface area contributed by atoms with Crippen LogP contribution in [0.15, 0.2) is 52.1 Å². The van der Waals surface area contributed by atoms with E-state index in [4.69, 9.17) is 5.73 Å². The van der Waals surface area contributed by atoms with E-state index >= 15 is 0 Å². The maximum absolute atomic E-state index is 5.88. The Morgan fingerprint density at radius 3 is 2.79 bits per heavy atom. The van der Waals surface area contributed by atoms with Gasteiger partial charge in [0.05, 0.1) is 11.5 Å². The second-order valence-corrected chi connectivity index (χ2v) is 4.42. The Balaban J connectivity index is 2.94. The summed E-state index contributed by atoms with van der Waals surface area (Å²) >= 11 is 0. The number of nitrogens with zero attached hydrogens (tertiary/aromatic N) is 1. The van der Waals surface area contributed by atoms with Crippen molar-refractivity contribution in [2.24, 2.45) is 10.7 Å².